The van der Waals surface area contributed by atoms with E-state index in [9.17, 15) is 0 Å². The van der Waals surface area contributed by atoms with Gasteiger partial charge >= 0.3 is 0 Å². The molecule has 0 bridgehead atoms. The summed E-state index contributed by atoms with van der Waals surface area (Å²) in [5.41, 5.74) is 2.68. The van der Waals surface area contributed by atoms with E-state index < -0.39 is 0 Å². The molecule has 84 valence electrons. The maximum Gasteiger partial charge on any atom is 0.0456 e. The monoisotopic (exact) mass is 214 g/mol. The molecule has 0 aliphatic carbocycles. The lowest BCUT2D eigenvalue weighted by Gasteiger charge is -2.29. The fraction of sp³-hybridized carbons (Fsp3) is 0.429. The summed E-state index contributed by atoms with van der Waals surface area (Å²) in [6.07, 6.45) is 2.63. The minimum atomic E-state index is 0.686. The number of aromatic amines is 1. The van der Waals surface area contributed by atoms with Gasteiger partial charge in [-0.1, -0.05) is 18.2 Å². The van der Waals surface area contributed by atoms with Crippen LogP contribution >= 0.6 is 0 Å². The highest BCUT2D eigenvalue weighted by molar-refractivity contribution is 5.80. The SMILES string of the molecule is CN1CCCC(c2cc3ccccc3[nH]2)C1. The molecule has 1 fully saturated rings. The van der Waals surface area contributed by atoms with Crippen LogP contribution in [-0.2, 0) is 0 Å². The Hall–Kier alpha value is -1.28. The van der Waals surface area contributed by atoms with E-state index in [-0.39, 0.29) is 0 Å². The van der Waals surface area contributed by atoms with Crippen molar-refractivity contribution >= 4 is 10.9 Å². The summed E-state index contributed by atoms with van der Waals surface area (Å²) >= 11 is 0. The highest BCUT2D eigenvalue weighted by atomic mass is 15.1. The Balaban J connectivity index is 1.93. The lowest BCUT2D eigenvalue weighted by atomic mass is 9.95. The van der Waals surface area contributed by atoms with Crippen molar-refractivity contribution in [2.75, 3.05) is 20.1 Å². The summed E-state index contributed by atoms with van der Waals surface area (Å²) in [5.74, 6) is 0.686. The molecule has 1 unspecified atom stereocenters. The molecule has 1 aromatic heterocycles. The fourth-order valence-corrected chi connectivity index (χ4v) is 2.74. The first-order valence-corrected chi connectivity index (χ1v) is 6.09. The summed E-state index contributed by atoms with van der Waals surface area (Å²) < 4.78 is 0. The van der Waals surface area contributed by atoms with E-state index in [0.29, 0.717) is 5.92 Å². The summed E-state index contributed by atoms with van der Waals surface area (Å²) in [5, 5.41) is 1.34. The van der Waals surface area contributed by atoms with Crippen molar-refractivity contribution in [2.24, 2.45) is 0 Å². The van der Waals surface area contributed by atoms with Gasteiger partial charge in [0.25, 0.3) is 0 Å². The number of benzene rings is 1. The molecular weight excluding hydrogens is 196 g/mol. The molecule has 2 aromatic rings. The van der Waals surface area contributed by atoms with E-state index in [4.69, 9.17) is 0 Å². The number of likely N-dealkylation sites (tertiary alicyclic amines) is 1. The number of H-pyrrole nitrogens is 1. The zero-order chi connectivity index (χ0) is 11.0. The average Bonchev–Trinajstić information content (AvgIpc) is 2.72. The minimum Gasteiger partial charge on any atom is -0.358 e. The quantitative estimate of drug-likeness (QED) is 0.773. The minimum absolute atomic E-state index is 0.686. The number of piperidine rings is 1. The van der Waals surface area contributed by atoms with E-state index >= 15 is 0 Å². The molecule has 2 heterocycles. The molecule has 0 spiro atoms. The third-order valence-electron chi connectivity index (χ3n) is 3.62. The molecule has 1 aromatic carbocycles. The van der Waals surface area contributed by atoms with Crippen molar-refractivity contribution in [3.05, 3.63) is 36.0 Å². The van der Waals surface area contributed by atoms with Crippen molar-refractivity contribution in [3.63, 3.8) is 0 Å². The number of rotatable bonds is 1. The molecule has 0 saturated carbocycles. The Kier molecular flexibility index (Phi) is 2.44. The Morgan fingerprint density at radius 2 is 2.19 bits per heavy atom. The molecule has 0 amide bonds. The number of fused-ring (bicyclic) bond motifs is 1. The Labute approximate surface area is 96.3 Å². The van der Waals surface area contributed by atoms with Crippen LogP contribution in [0.15, 0.2) is 30.3 Å². The Morgan fingerprint density at radius 1 is 1.31 bits per heavy atom. The summed E-state index contributed by atoms with van der Waals surface area (Å²) in [4.78, 5) is 5.99. The van der Waals surface area contributed by atoms with Crippen LogP contribution in [0.1, 0.15) is 24.5 Å². The first-order chi connectivity index (χ1) is 7.83. The number of para-hydroxylation sites is 1. The van der Waals surface area contributed by atoms with E-state index in [1.165, 1.54) is 42.5 Å². The maximum atomic E-state index is 3.56. The van der Waals surface area contributed by atoms with E-state index in [1.54, 1.807) is 0 Å². The molecule has 1 saturated heterocycles. The van der Waals surface area contributed by atoms with Gasteiger partial charge in [0.05, 0.1) is 0 Å². The van der Waals surface area contributed by atoms with Crippen molar-refractivity contribution in [2.45, 2.75) is 18.8 Å². The molecule has 1 N–H and O–H groups in total. The molecule has 2 heteroatoms. The molecule has 1 aliphatic heterocycles. The van der Waals surface area contributed by atoms with Gasteiger partial charge in [-0.2, -0.15) is 0 Å². The molecule has 3 rings (SSSR count). The van der Waals surface area contributed by atoms with E-state index in [2.05, 4.69) is 47.3 Å². The van der Waals surface area contributed by atoms with Gasteiger partial charge in [0.2, 0.25) is 0 Å². The lowest BCUT2D eigenvalue weighted by molar-refractivity contribution is 0.249. The fourth-order valence-electron chi connectivity index (χ4n) is 2.74. The van der Waals surface area contributed by atoms with Gasteiger partial charge < -0.3 is 9.88 Å². The van der Waals surface area contributed by atoms with Gasteiger partial charge in [-0.15, -0.1) is 0 Å². The highest BCUT2D eigenvalue weighted by Crippen LogP contribution is 2.28. The van der Waals surface area contributed by atoms with Crippen molar-refractivity contribution in [1.29, 1.82) is 0 Å². The van der Waals surface area contributed by atoms with Gasteiger partial charge in [0.15, 0.2) is 0 Å². The van der Waals surface area contributed by atoms with Crippen molar-refractivity contribution in [1.82, 2.24) is 9.88 Å². The number of nitrogens with one attached hydrogen (secondary N) is 1. The highest BCUT2D eigenvalue weighted by Gasteiger charge is 2.20. The molecular formula is C14H18N2. The second-order valence-electron chi connectivity index (χ2n) is 4.91. The predicted molar refractivity (Wildman–Crippen MR) is 67.8 cm³/mol. The second-order valence-corrected chi connectivity index (χ2v) is 4.91. The van der Waals surface area contributed by atoms with Crippen LogP contribution in [0, 0.1) is 0 Å². The van der Waals surface area contributed by atoms with Crippen LogP contribution in [0.3, 0.4) is 0 Å². The third-order valence-corrected chi connectivity index (χ3v) is 3.62. The first kappa shape index (κ1) is 9.91. The Morgan fingerprint density at radius 3 is 3.00 bits per heavy atom. The van der Waals surface area contributed by atoms with Crippen LogP contribution in [0.5, 0.6) is 0 Å². The van der Waals surface area contributed by atoms with Gasteiger partial charge in [-0.3, -0.25) is 0 Å². The van der Waals surface area contributed by atoms with Gasteiger partial charge in [-0.05, 0) is 44.0 Å². The van der Waals surface area contributed by atoms with Crippen LogP contribution in [0.4, 0.5) is 0 Å². The predicted octanol–water partition coefficient (Wildman–Crippen LogP) is 2.98. The molecule has 16 heavy (non-hydrogen) atoms. The van der Waals surface area contributed by atoms with Gasteiger partial charge in [0, 0.05) is 23.7 Å². The zero-order valence-electron chi connectivity index (χ0n) is 9.74. The lowest BCUT2D eigenvalue weighted by Crippen LogP contribution is -2.30. The summed E-state index contributed by atoms with van der Waals surface area (Å²) in [6, 6.07) is 10.9. The van der Waals surface area contributed by atoms with Gasteiger partial charge in [-0.25, -0.2) is 0 Å². The Bertz CT molecular complexity index is 453. The second kappa shape index (κ2) is 3.95. The van der Waals surface area contributed by atoms with Crippen LogP contribution in [-0.4, -0.2) is 30.0 Å². The largest absolute Gasteiger partial charge is 0.358 e. The third kappa shape index (κ3) is 1.74. The van der Waals surface area contributed by atoms with Gasteiger partial charge in [0.1, 0.15) is 0 Å². The summed E-state index contributed by atoms with van der Waals surface area (Å²) in [7, 11) is 2.22. The van der Waals surface area contributed by atoms with E-state index in [0.717, 1.165) is 0 Å². The number of hydrogen-bond acceptors (Lipinski definition) is 1. The zero-order valence-corrected chi connectivity index (χ0v) is 9.74. The first-order valence-electron chi connectivity index (χ1n) is 6.09. The topological polar surface area (TPSA) is 19.0 Å². The molecule has 2 nitrogen and oxygen atoms in total. The van der Waals surface area contributed by atoms with E-state index in [1.807, 2.05) is 0 Å². The molecule has 1 aliphatic rings. The molecule has 0 radical (unpaired) electrons. The van der Waals surface area contributed by atoms with Crippen molar-refractivity contribution in [3.8, 4) is 0 Å². The normalized spacial score (nSPS) is 22.7. The number of aromatic nitrogens is 1. The number of hydrogen-bond donors (Lipinski definition) is 1. The van der Waals surface area contributed by atoms with Crippen LogP contribution in [0.2, 0.25) is 0 Å². The van der Waals surface area contributed by atoms with Crippen LogP contribution in [0.25, 0.3) is 10.9 Å². The smallest absolute Gasteiger partial charge is 0.0456 e. The number of nitrogens with zero attached hydrogens (tertiary/aromatic N) is 1. The molecule has 1 atom stereocenters. The maximum absolute atomic E-state index is 3.56. The number of likely N-dealkylation sites (N-methyl/N-ethyl adjacent to an activating group) is 1. The average molecular weight is 214 g/mol. The standard InChI is InChI=1S/C14H18N2/c1-16-8-4-6-12(10-16)14-9-11-5-2-3-7-13(11)15-14/h2-3,5,7,9,12,15H,4,6,8,10H2,1H3. The van der Waals surface area contributed by atoms with Crippen LogP contribution < -0.4 is 0 Å². The summed E-state index contributed by atoms with van der Waals surface area (Å²) in [6.45, 7) is 2.43. The van der Waals surface area contributed by atoms with Crippen molar-refractivity contribution < 1.29 is 0 Å².